The van der Waals surface area contributed by atoms with Crippen molar-refractivity contribution in [3.05, 3.63) is 65.4 Å². The zero-order chi connectivity index (χ0) is 24.2. The lowest BCUT2D eigenvalue weighted by atomic mass is 9.84. The van der Waals surface area contributed by atoms with E-state index in [-0.39, 0.29) is 5.78 Å². The second-order valence-corrected chi connectivity index (χ2v) is 10.00. The van der Waals surface area contributed by atoms with Crippen molar-refractivity contribution in [2.75, 3.05) is 12.3 Å². The second-order valence-electron chi connectivity index (χ2n) is 10.00. The molecule has 1 atom stereocenters. The number of rotatable bonds is 4. The molecule has 0 amide bonds. The first-order valence-corrected chi connectivity index (χ1v) is 11.7. The van der Waals surface area contributed by atoms with Crippen molar-refractivity contribution in [2.24, 2.45) is 0 Å². The quantitative estimate of drug-likeness (QED) is 0.365. The fourth-order valence-corrected chi connectivity index (χ4v) is 5.04. The van der Waals surface area contributed by atoms with Gasteiger partial charge in [0.2, 0.25) is 0 Å². The molecule has 2 heterocycles. The number of carbonyl (C=O) groups is 1. The Morgan fingerprint density at radius 2 is 1.85 bits per heavy atom. The number of nitrogen functional groups attached to an aromatic ring is 1. The summed E-state index contributed by atoms with van der Waals surface area (Å²) in [5.41, 5.74) is 12.4. The molecule has 0 bridgehead atoms. The molecule has 4 aromatic rings. The van der Waals surface area contributed by atoms with Gasteiger partial charge in [0.15, 0.2) is 5.78 Å². The number of benzene rings is 3. The zero-order valence-corrected chi connectivity index (χ0v) is 20.4. The summed E-state index contributed by atoms with van der Waals surface area (Å²) in [6.07, 6.45) is 1.94. The van der Waals surface area contributed by atoms with Crippen molar-refractivity contribution in [3.8, 4) is 16.9 Å². The smallest absolute Gasteiger partial charge is 0.163 e. The van der Waals surface area contributed by atoms with Gasteiger partial charge < -0.3 is 15.2 Å². The molecule has 1 aromatic heterocycles. The van der Waals surface area contributed by atoms with Crippen molar-refractivity contribution in [1.29, 1.82) is 0 Å². The summed E-state index contributed by atoms with van der Waals surface area (Å²) in [4.78, 5) is 17.8. The van der Waals surface area contributed by atoms with Gasteiger partial charge in [-0.15, -0.1) is 0 Å². The molecule has 0 fully saturated rings. The standard InChI is InChI=1S/C29H30N2O3/c1-16-23(28(17(2)32)34-29(3,4)5)25(19-8-6-7-9-20(19)26(16)30)21-10-11-22-24-18(13-15-33-22)12-14-31-27(21)24/h6-12,14,28H,13,15,30H2,1-5H3/t28-/m1/s1. The maximum Gasteiger partial charge on any atom is 0.163 e. The maximum atomic E-state index is 13.0. The number of anilines is 1. The van der Waals surface area contributed by atoms with Crippen LogP contribution in [0.5, 0.6) is 5.75 Å². The van der Waals surface area contributed by atoms with Gasteiger partial charge in [0, 0.05) is 40.2 Å². The molecule has 5 nitrogen and oxygen atoms in total. The first kappa shape index (κ1) is 22.4. The maximum absolute atomic E-state index is 13.0. The zero-order valence-electron chi connectivity index (χ0n) is 20.4. The Bertz CT molecular complexity index is 1440. The summed E-state index contributed by atoms with van der Waals surface area (Å²) in [5.74, 6) is 0.785. The minimum Gasteiger partial charge on any atom is -0.493 e. The monoisotopic (exact) mass is 454 g/mol. The van der Waals surface area contributed by atoms with Crippen molar-refractivity contribution in [3.63, 3.8) is 0 Å². The molecule has 0 radical (unpaired) electrons. The summed E-state index contributed by atoms with van der Waals surface area (Å²) >= 11 is 0. The fourth-order valence-electron chi connectivity index (χ4n) is 5.04. The third-order valence-corrected chi connectivity index (χ3v) is 6.51. The molecule has 5 rings (SSSR count). The predicted octanol–water partition coefficient (Wildman–Crippen LogP) is 6.33. The van der Waals surface area contributed by atoms with E-state index in [4.69, 9.17) is 20.2 Å². The van der Waals surface area contributed by atoms with Crippen LogP contribution in [0, 0.1) is 6.92 Å². The number of Topliss-reactive ketones (excluding diaryl/α,β-unsaturated/α-hetero) is 1. The minimum absolute atomic E-state index is 0.0621. The van der Waals surface area contributed by atoms with Crippen LogP contribution in [-0.2, 0) is 16.0 Å². The Labute approximate surface area is 199 Å². The highest BCUT2D eigenvalue weighted by Crippen LogP contribution is 2.47. The van der Waals surface area contributed by atoms with Crippen LogP contribution in [0.4, 0.5) is 5.69 Å². The number of ketones is 1. The van der Waals surface area contributed by atoms with Crippen LogP contribution in [0.15, 0.2) is 48.7 Å². The number of fused-ring (bicyclic) bond motifs is 1. The number of ether oxygens (including phenoxy) is 2. The van der Waals surface area contributed by atoms with Gasteiger partial charge in [-0.3, -0.25) is 9.78 Å². The van der Waals surface area contributed by atoms with E-state index in [1.54, 1.807) is 6.92 Å². The number of hydrogen-bond acceptors (Lipinski definition) is 5. The predicted molar refractivity (Wildman–Crippen MR) is 137 cm³/mol. The molecule has 1 aliphatic heterocycles. The Morgan fingerprint density at radius 3 is 2.56 bits per heavy atom. The van der Waals surface area contributed by atoms with Crippen LogP contribution in [0.2, 0.25) is 0 Å². The van der Waals surface area contributed by atoms with E-state index in [0.29, 0.717) is 12.3 Å². The van der Waals surface area contributed by atoms with E-state index in [0.717, 1.165) is 56.1 Å². The number of carbonyl (C=O) groups excluding carboxylic acids is 1. The van der Waals surface area contributed by atoms with Crippen molar-refractivity contribution in [2.45, 2.75) is 52.7 Å². The molecular weight excluding hydrogens is 424 g/mol. The molecular formula is C29H30N2O3. The van der Waals surface area contributed by atoms with Gasteiger partial charge in [0.05, 0.1) is 17.7 Å². The fraction of sp³-hybridized carbons (Fsp3) is 0.310. The number of nitrogens with two attached hydrogens (primary N) is 1. The SMILES string of the molecule is CC(=O)[C@@H](OC(C)(C)C)c1c(C)c(N)c2ccccc2c1-c1ccc2c3c(ccnc13)CCO2. The van der Waals surface area contributed by atoms with Gasteiger partial charge in [0.1, 0.15) is 11.9 Å². The molecule has 0 saturated carbocycles. The van der Waals surface area contributed by atoms with Gasteiger partial charge in [0.25, 0.3) is 0 Å². The Balaban J connectivity index is 1.94. The van der Waals surface area contributed by atoms with E-state index in [1.807, 2.05) is 58.2 Å². The highest BCUT2D eigenvalue weighted by molar-refractivity contribution is 6.12. The number of pyridine rings is 1. The van der Waals surface area contributed by atoms with Crippen molar-refractivity contribution < 1.29 is 14.3 Å². The van der Waals surface area contributed by atoms with Crippen LogP contribution in [0.25, 0.3) is 32.8 Å². The number of nitrogens with zero attached hydrogens (tertiary/aromatic N) is 1. The van der Waals surface area contributed by atoms with Crippen LogP contribution in [0.1, 0.15) is 50.5 Å². The number of hydrogen-bond donors (Lipinski definition) is 1. The van der Waals surface area contributed by atoms with Crippen LogP contribution < -0.4 is 10.5 Å². The molecule has 3 aromatic carbocycles. The van der Waals surface area contributed by atoms with Gasteiger partial charge in [-0.2, -0.15) is 0 Å². The lowest BCUT2D eigenvalue weighted by Gasteiger charge is -2.30. The summed E-state index contributed by atoms with van der Waals surface area (Å²) in [7, 11) is 0. The number of aromatic nitrogens is 1. The third kappa shape index (κ3) is 3.61. The molecule has 174 valence electrons. The Hall–Kier alpha value is -3.44. The highest BCUT2D eigenvalue weighted by Gasteiger charge is 2.31. The summed E-state index contributed by atoms with van der Waals surface area (Å²) in [6, 6.07) is 14.2. The van der Waals surface area contributed by atoms with Gasteiger partial charge in [-0.05, 0) is 74.9 Å². The van der Waals surface area contributed by atoms with Crippen molar-refractivity contribution >= 4 is 33.1 Å². The van der Waals surface area contributed by atoms with Gasteiger partial charge in [-0.1, -0.05) is 24.3 Å². The molecule has 0 aliphatic carbocycles. The molecule has 0 unspecified atom stereocenters. The molecule has 0 spiro atoms. The lowest BCUT2D eigenvalue weighted by molar-refractivity contribution is -0.138. The molecule has 5 heteroatoms. The Kier molecular flexibility index (Phi) is 5.33. The molecule has 2 N–H and O–H groups in total. The normalized spacial score (nSPS) is 14.3. The van der Waals surface area contributed by atoms with E-state index < -0.39 is 11.7 Å². The highest BCUT2D eigenvalue weighted by atomic mass is 16.5. The summed E-state index contributed by atoms with van der Waals surface area (Å²) < 4.78 is 12.3. The van der Waals surface area contributed by atoms with Crippen LogP contribution >= 0.6 is 0 Å². The average molecular weight is 455 g/mol. The largest absolute Gasteiger partial charge is 0.493 e. The van der Waals surface area contributed by atoms with Crippen molar-refractivity contribution in [1.82, 2.24) is 4.98 Å². The first-order valence-electron chi connectivity index (χ1n) is 11.7. The van der Waals surface area contributed by atoms with Crippen LogP contribution in [0.3, 0.4) is 0 Å². The summed E-state index contributed by atoms with van der Waals surface area (Å²) in [5, 5.41) is 2.96. The van der Waals surface area contributed by atoms with E-state index in [9.17, 15) is 4.79 Å². The van der Waals surface area contributed by atoms with E-state index in [1.165, 1.54) is 5.56 Å². The first-order chi connectivity index (χ1) is 16.2. The van der Waals surface area contributed by atoms with E-state index in [2.05, 4.69) is 18.2 Å². The van der Waals surface area contributed by atoms with Crippen LogP contribution in [-0.4, -0.2) is 23.0 Å². The molecule has 34 heavy (non-hydrogen) atoms. The lowest BCUT2D eigenvalue weighted by Crippen LogP contribution is -2.27. The second kappa shape index (κ2) is 8.10. The molecule has 1 aliphatic rings. The van der Waals surface area contributed by atoms with Gasteiger partial charge >= 0.3 is 0 Å². The topological polar surface area (TPSA) is 74.4 Å². The summed E-state index contributed by atoms with van der Waals surface area (Å²) in [6.45, 7) is 10.1. The molecule has 0 saturated heterocycles. The average Bonchev–Trinajstić information content (AvgIpc) is 2.80. The third-order valence-electron chi connectivity index (χ3n) is 6.51. The minimum atomic E-state index is -0.760. The van der Waals surface area contributed by atoms with Gasteiger partial charge in [-0.25, -0.2) is 0 Å². The Morgan fingerprint density at radius 1 is 1.12 bits per heavy atom. The van der Waals surface area contributed by atoms with E-state index >= 15 is 0 Å².